The number of methoxy groups -OCH3 is 2. The molecule has 0 aliphatic carbocycles. The molecule has 34 heavy (non-hydrogen) atoms. The van der Waals surface area contributed by atoms with E-state index in [1.54, 1.807) is 20.4 Å². The maximum absolute atomic E-state index is 12.4. The summed E-state index contributed by atoms with van der Waals surface area (Å²) >= 11 is 0. The van der Waals surface area contributed by atoms with E-state index in [9.17, 15) is 4.79 Å². The van der Waals surface area contributed by atoms with Crippen molar-refractivity contribution in [2.45, 2.75) is 6.54 Å². The maximum Gasteiger partial charge on any atom is 0.271 e. The normalized spacial score (nSPS) is 14.2. The van der Waals surface area contributed by atoms with E-state index in [-0.39, 0.29) is 5.91 Å². The van der Waals surface area contributed by atoms with Crippen LogP contribution in [0, 0.1) is 0 Å². The molecule has 7 nitrogen and oxygen atoms in total. The smallest absolute Gasteiger partial charge is 0.271 e. The molecule has 0 unspecified atom stereocenters. The van der Waals surface area contributed by atoms with Crippen molar-refractivity contribution < 1.29 is 14.3 Å². The number of amides is 1. The third-order valence-electron chi connectivity index (χ3n) is 5.89. The first-order valence-electron chi connectivity index (χ1n) is 11.3. The number of piperazine rings is 1. The lowest BCUT2D eigenvalue weighted by molar-refractivity contribution is 0.0955. The molecule has 0 atom stereocenters. The highest BCUT2D eigenvalue weighted by Gasteiger charge is 2.19. The lowest BCUT2D eigenvalue weighted by Crippen LogP contribution is -2.46. The van der Waals surface area contributed by atoms with Gasteiger partial charge in [-0.1, -0.05) is 36.4 Å². The van der Waals surface area contributed by atoms with E-state index in [1.807, 2.05) is 66.7 Å². The fourth-order valence-electron chi connectivity index (χ4n) is 4.01. The molecule has 7 heteroatoms. The van der Waals surface area contributed by atoms with Crippen LogP contribution in [0.25, 0.3) is 0 Å². The predicted molar refractivity (Wildman–Crippen MR) is 135 cm³/mol. The minimum Gasteiger partial charge on any atom is -0.497 e. The molecule has 0 saturated carbocycles. The molecule has 0 aromatic heterocycles. The Labute approximate surface area is 200 Å². The van der Waals surface area contributed by atoms with Crippen LogP contribution in [0.15, 0.2) is 77.9 Å². The van der Waals surface area contributed by atoms with Crippen molar-refractivity contribution in [3.05, 3.63) is 89.5 Å². The van der Waals surface area contributed by atoms with Crippen LogP contribution in [-0.2, 0) is 6.54 Å². The number of anilines is 1. The topological polar surface area (TPSA) is 66.4 Å². The van der Waals surface area contributed by atoms with Gasteiger partial charge < -0.3 is 14.4 Å². The van der Waals surface area contributed by atoms with Gasteiger partial charge in [-0.3, -0.25) is 9.69 Å². The summed E-state index contributed by atoms with van der Waals surface area (Å²) in [5.74, 6) is 1.42. The molecular formula is C27H30N4O3. The summed E-state index contributed by atoms with van der Waals surface area (Å²) in [5, 5.41) is 4.05. The van der Waals surface area contributed by atoms with Gasteiger partial charge in [-0.2, -0.15) is 5.10 Å². The first-order valence-corrected chi connectivity index (χ1v) is 11.3. The van der Waals surface area contributed by atoms with Crippen molar-refractivity contribution in [3.63, 3.8) is 0 Å². The number of carbonyl (C=O) groups excluding carboxylic acids is 1. The average Bonchev–Trinajstić information content (AvgIpc) is 2.89. The second-order valence-corrected chi connectivity index (χ2v) is 8.11. The molecule has 4 rings (SSSR count). The fraction of sp³-hybridized carbons (Fsp3) is 0.259. The van der Waals surface area contributed by atoms with Crippen LogP contribution < -0.4 is 19.8 Å². The number of rotatable bonds is 8. The summed E-state index contributed by atoms with van der Waals surface area (Å²) in [6.45, 7) is 4.70. The molecule has 1 amide bonds. The molecule has 176 valence electrons. The number of hydrogen-bond acceptors (Lipinski definition) is 6. The van der Waals surface area contributed by atoms with Crippen molar-refractivity contribution >= 4 is 17.8 Å². The van der Waals surface area contributed by atoms with Gasteiger partial charge in [0.15, 0.2) is 0 Å². The number of nitrogens with zero attached hydrogens (tertiary/aromatic N) is 3. The van der Waals surface area contributed by atoms with E-state index < -0.39 is 0 Å². The standard InChI is InChI=1S/C27H30N4O3/c1-33-24-7-5-6-22(18-24)19-28-29-27(32)23-12-10-21(11-13-23)20-30-14-16-31(17-15-30)25-8-3-4-9-26(25)34-2/h3-13,18-19H,14-17,20H2,1-2H3,(H,29,32)/b28-19-. The molecule has 0 spiro atoms. The van der Waals surface area contributed by atoms with Crippen molar-refractivity contribution in [1.82, 2.24) is 10.3 Å². The van der Waals surface area contributed by atoms with E-state index in [0.717, 1.165) is 55.5 Å². The molecule has 1 N–H and O–H groups in total. The number of hydrazone groups is 1. The largest absolute Gasteiger partial charge is 0.497 e. The highest BCUT2D eigenvalue weighted by Crippen LogP contribution is 2.28. The monoisotopic (exact) mass is 458 g/mol. The third kappa shape index (κ3) is 5.94. The zero-order valence-electron chi connectivity index (χ0n) is 19.6. The Morgan fingerprint density at radius 1 is 0.941 bits per heavy atom. The Balaban J connectivity index is 1.27. The molecule has 0 bridgehead atoms. The molecule has 1 heterocycles. The van der Waals surface area contributed by atoms with Crippen LogP contribution in [0.2, 0.25) is 0 Å². The summed E-state index contributed by atoms with van der Waals surface area (Å²) in [6.07, 6.45) is 1.60. The first kappa shape index (κ1) is 23.3. The molecule has 3 aromatic carbocycles. The van der Waals surface area contributed by atoms with Gasteiger partial charge >= 0.3 is 0 Å². The highest BCUT2D eigenvalue weighted by atomic mass is 16.5. The van der Waals surface area contributed by atoms with Crippen LogP contribution in [0.5, 0.6) is 11.5 Å². The zero-order chi connectivity index (χ0) is 23.8. The number of ether oxygens (including phenoxy) is 2. The van der Waals surface area contributed by atoms with E-state index in [1.165, 1.54) is 5.56 Å². The van der Waals surface area contributed by atoms with E-state index >= 15 is 0 Å². The Kier molecular flexibility index (Phi) is 7.78. The SMILES string of the molecule is COc1cccc(/C=N\NC(=O)c2ccc(CN3CCN(c4ccccc4OC)CC3)cc2)c1. The van der Waals surface area contributed by atoms with Gasteiger partial charge in [0.1, 0.15) is 11.5 Å². The Morgan fingerprint density at radius 2 is 1.71 bits per heavy atom. The fourth-order valence-corrected chi connectivity index (χ4v) is 4.01. The molecule has 3 aromatic rings. The highest BCUT2D eigenvalue weighted by molar-refractivity contribution is 5.94. The second-order valence-electron chi connectivity index (χ2n) is 8.11. The van der Waals surface area contributed by atoms with Gasteiger partial charge in [0.05, 0.1) is 26.1 Å². The molecule has 1 aliphatic heterocycles. The molecule has 1 fully saturated rings. The lowest BCUT2D eigenvalue weighted by atomic mass is 10.1. The lowest BCUT2D eigenvalue weighted by Gasteiger charge is -2.36. The van der Waals surface area contributed by atoms with E-state index in [4.69, 9.17) is 9.47 Å². The average molecular weight is 459 g/mol. The van der Waals surface area contributed by atoms with Crippen molar-refractivity contribution in [2.75, 3.05) is 45.3 Å². The third-order valence-corrected chi connectivity index (χ3v) is 5.89. The number of para-hydroxylation sites is 2. The van der Waals surface area contributed by atoms with Crippen molar-refractivity contribution in [1.29, 1.82) is 0 Å². The van der Waals surface area contributed by atoms with Crippen LogP contribution in [-0.4, -0.2) is 57.4 Å². The van der Waals surface area contributed by atoms with Crippen LogP contribution >= 0.6 is 0 Å². The van der Waals surface area contributed by atoms with E-state index in [2.05, 4.69) is 26.4 Å². The van der Waals surface area contributed by atoms with Gasteiger partial charge in [-0.05, 0) is 47.5 Å². The number of hydrogen-bond donors (Lipinski definition) is 1. The Morgan fingerprint density at radius 3 is 2.44 bits per heavy atom. The van der Waals surface area contributed by atoms with Crippen LogP contribution in [0.4, 0.5) is 5.69 Å². The predicted octanol–water partition coefficient (Wildman–Crippen LogP) is 3.79. The van der Waals surface area contributed by atoms with Gasteiger partial charge in [0.2, 0.25) is 0 Å². The van der Waals surface area contributed by atoms with Crippen molar-refractivity contribution in [3.8, 4) is 11.5 Å². The minimum absolute atomic E-state index is 0.240. The van der Waals surface area contributed by atoms with Gasteiger partial charge in [-0.25, -0.2) is 5.43 Å². The first-order chi connectivity index (χ1) is 16.7. The van der Waals surface area contributed by atoms with Crippen LogP contribution in [0.1, 0.15) is 21.5 Å². The quantitative estimate of drug-likeness (QED) is 0.411. The molecular weight excluding hydrogens is 428 g/mol. The zero-order valence-corrected chi connectivity index (χ0v) is 19.6. The van der Waals surface area contributed by atoms with Gasteiger partial charge in [0.25, 0.3) is 5.91 Å². The summed E-state index contributed by atoms with van der Waals surface area (Å²) in [6, 6.07) is 23.3. The second kappa shape index (κ2) is 11.3. The summed E-state index contributed by atoms with van der Waals surface area (Å²) in [7, 11) is 3.33. The summed E-state index contributed by atoms with van der Waals surface area (Å²) in [5.41, 5.74) is 6.33. The number of benzene rings is 3. The molecule has 1 saturated heterocycles. The molecule has 0 radical (unpaired) electrons. The maximum atomic E-state index is 12.4. The van der Waals surface area contributed by atoms with Gasteiger partial charge in [-0.15, -0.1) is 0 Å². The summed E-state index contributed by atoms with van der Waals surface area (Å²) < 4.78 is 10.7. The van der Waals surface area contributed by atoms with Gasteiger partial charge in [0, 0.05) is 38.3 Å². The van der Waals surface area contributed by atoms with Crippen LogP contribution in [0.3, 0.4) is 0 Å². The minimum atomic E-state index is -0.240. The Bertz CT molecular complexity index is 1120. The Hall–Kier alpha value is -3.84. The summed E-state index contributed by atoms with van der Waals surface area (Å²) in [4.78, 5) is 17.2. The van der Waals surface area contributed by atoms with E-state index in [0.29, 0.717) is 5.56 Å². The molecule has 1 aliphatic rings. The number of nitrogens with one attached hydrogen (secondary N) is 1. The number of carbonyl (C=O) groups is 1. The van der Waals surface area contributed by atoms with Crippen molar-refractivity contribution in [2.24, 2.45) is 5.10 Å².